The maximum Gasteiger partial charge on any atom is 0.435 e. The van der Waals surface area contributed by atoms with Crippen LogP contribution in [-0.2, 0) is 6.18 Å². The molecule has 1 saturated heterocycles. The Kier molecular flexibility index (Phi) is 4.34. The number of alkyl halides is 3. The maximum absolute atomic E-state index is 12.8. The van der Waals surface area contributed by atoms with E-state index < -0.39 is 11.9 Å². The number of piperidine rings is 1. The summed E-state index contributed by atoms with van der Waals surface area (Å²) in [5.74, 6) is 0.796. The predicted molar refractivity (Wildman–Crippen MR) is 95.0 cm³/mol. The van der Waals surface area contributed by atoms with E-state index in [0.717, 1.165) is 46.6 Å². The van der Waals surface area contributed by atoms with Crippen molar-refractivity contribution in [3.05, 3.63) is 47.0 Å². The molecule has 2 aromatic heterocycles. The van der Waals surface area contributed by atoms with E-state index in [2.05, 4.69) is 35.9 Å². The molecule has 4 rings (SSSR count). The van der Waals surface area contributed by atoms with Gasteiger partial charge < -0.3 is 4.90 Å². The van der Waals surface area contributed by atoms with Crippen LogP contribution in [0, 0.1) is 0 Å². The molecule has 0 radical (unpaired) electrons. The summed E-state index contributed by atoms with van der Waals surface area (Å²) < 4.78 is 40.8. The minimum atomic E-state index is -4.42. The number of hydrogen-bond acceptors (Lipinski definition) is 4. The van der Waals surface area contributed by atoms with E-state index in [0.29, 0.717) is 6.54 Å². The SMILES string of the molecule is FC(F)(F)c1ccn(C2CCCN(c3ncnc4ccc(Br)cc34)C2)n1. The Morgan fingerprint density at radius 1 is 1.15 bits per heavy atom. The molecule has 136 valence electrons. The fourth-order valence-corrected chi connectivity index (χ4v) is 3.68. The van der Waals surface area contributed by atoms with Crippen molar-refractivity contribution in [3.8, 4) is 0 Å². The van der Waals surface area contributed by atoms with Crippen LogP contribution in [0.5, 0.6) is 0 Å². The molecule has 3 heterocycles. The molecule has 0 bridgehead atoms. The largest absolute Gasteiger partial charge is 0.435 e. The molecule has 1 atom stereocenters. The Bertz CT molecular complexity index is 940. The van der Waals surface area contributed by atoms with Crippen molar-refractivity contribution < 1.29 is 13.2 Å². The van der Waals surface area contributed by atoms with Crippen molar-refractivity contribution in [1.29, 1.82) is 0 Å². The first kappa shape index (κ1) is 17.3. The molecule has 9 heteroatoms. The molecule has 1 aliphatic rings. The van der Waals surface area contributed by atoms with E-state index in [-0.39, 0.29) is 6.04 Å². The van der Waals surface area contributed by atoms with Gasteiger partial charge in [-0.05, 0) is 37.1 Å². The van der Waals surface area contributed by atoms with Gasteiger partial charge in [-0.25, -0.2) is 9.97 Å². The summed E-state index contributed by atoms with van der Waals surface area (Å²) in [6, 6.07) is 6.69. The molecule has 0 amide bonds. The Hall–Kier alpha value is -2.16. The highest BCUT2D eigenvalue weighted by atomic mass is 79.9. The van der Waals surface area contributed by atoms with Crippen molar-refractivity contribution in [3.63, 3.8) is 0 Å². The number of benzene rings is 1. The van der Waals surface area contributed by atoms with E-state index in [1.54, 1.807) is 0 Å². The standard InChI is InChI=1S/C17H15BrF3N5/c18-11-3-4-14-13(8-11)16(23-10-22-14)25-6-1-2-12(9-25)26-7-5-15(24-26)17(19,20)21/h3-5,7-8,10,12H,1-2,6,9H2. The highest BCUT2D eigenvalue weighted by molar-refractivity contribution is 9.10. The molecular formula is C17H15BrF3N5. The molecule has 0 spiro atoms. The zero-order chi connectivity index (χ0) is 18.3. The van der Waals surface area contributed by atoms with E-state index in [9.17, 15) is 13.2 Å². The van der Waals surface area contributed by atoms with E-state index >= 15 is 0 Å². The first-order valence-corrected chi connectivity index (χ1v) is 8.99. The van der Waals surface area contributed by atoms with Gasteiger partial charge in [0.1, 0.15) is 12.1 Å². The van der Waals surface area contributed by atoms with Crippen LogP contribution in [0.25, 0.3) is 10.9 Å². The third-order valence-electron chi connectivity index (χ3n) is 4.55. The lowest BCUT2D eigenvalue weighted by Crippen LogP contribution is -2.37. The number of halogens is 4. The van der Waals surface area contributed by atoms with Crippen LogP contribution >= 0.6 is 15.9 Å². The third kappa shape index (κ3) is 3.27. The van der Waals surface area contributed by atoms with Crippen LogP contribution in [0.15, 0.2) is 41.3 Å². The van der Waals surface area contributed by atoms with Gasteiger partial charge >= 0.3 is 6.18 Å². The van der Waals surface area contributed by atoms with Crippen LogP contribution in [0.3, 0.4) is 0 Å². The van der Waals surface area contributed by atoms with Crippen LogP contribution in [-0.4, -0.2) is 32.8 Å². The van der Waals surface area contributed by atoms with Crippen LogP contribution in [0.4, 0.5) is 19.0 Å². The molecular weight excluding hydrogens is 411 g/mol. The van der Waals surface area contributed by atoms with E-state index in [1.807, 2.05) is 18.2 Å². The minimum absolute atomic E-state index is 0.128. The van der Waals surface area contributed by atoms with Gasteiger partial charge in [-0.3, -0.25) is 4.68 Å². The van der Waals surface area contributed by atoms with Gasteiger partial charge in [-0.15, -0.1) is 0 Å². The van der Waals surface area contributed by atoms with Gasteiger partial charge in [-0.2, -0.15) is 18.3 Å². The fraction of sp³-hybridized carbons (Fsp3) is 0.353. The number of fused-ring (bicyclic) bond motifs is 1. The lowest BCUT2D eigenvalue weighted by Gasteiger charge is -2.34. The average molecular weight is 426 g/mol. The molecule has 5 nitrogen and oxygen atoms in total. The molecule has 26 heavy (non-hydrogen) atoms. The lowest BCUT2D eigenvalue weighted by atomic mass is 10.1. The topological polar surface area (TPSA) is 46.8 Å². The van der Waals surface area contributed by atoms with Gasteiger partial charge in [-0.1, -0.05) is 15.9 Å². The first-order valence-electron chi connectivity index (χ1n) is 8.19. The summed E-state index contributed by atoms with van der Waals surface area (Å²) in [7, 11) is 0. The lowest BCUT2D eigenvalue weighted by molar-refractivity contribution is -0.141. The van der Waals surface area contributed by atoms with Crippen molar-refractivity contribution in [2.24, 2.45) is 0 Å². The monoisotopic (exact) mass is 425 g/mol. The number of rotatable bonds is 2. The smallest absolute Gasteiger partial charge is 0.354 e. The van der Waals surface area contributed by atoms with Crippen molar-refractivity contribution in [1.82, 2.24) is 19.7 Å². The Balaban J connectivity index is 1.63. The van der Waals surface area contributed by atoms with Crippen molar-refractivity contribution in [2.75, 3.05) is 18.0 Å². The van der Waals surface area contributed by atoms with Crippen LogP contribution < -0.4 is 4.90 Å². The third-order valence-corrected chi connectivity index (χ3v) is 5.04. The first-order chi connectivity index (χ1) is 12.4. The second-order valence-electron chi connectivity index (χ2n) is 6.28. The number of nitrogens with zero attached hydrogens (tertiary/aromatic N) is 5. The van der Waals surface area contributed by atoms with E-state index in [4.69, 9.17) is 0 Å². The molecule has 0 N–H and O–H groups in total. The quantitative estimate of drug-likeness (QED) is 0.608. The molecule has 3 aromatic rings. The summed E-state index contributed by atoms with van der Waals surface area (Å²) in [5, 5.41) is 4.65. The molecule has 1 fully saturated rings. The number of anilines is 1. The Morgan fingerprint density at radius 2 is 2.00 bits per heavy atom. The summed E-state index contributed by atoms with van der Waals surface area (Å²) >= 11 is 3.47. The second kappa shape index (κ2) is 6.53. The van der Waals surface area contributed by atoms with Gasteiger partial charge in [0.25, 0.3) is 0 Å². The van der Waals surface area contributed by atoms with Gasteiger partial charge in [0, 0.05) is 29.1 Å². The van der Waals surface area contributed by atoms with Crippen LogP contribution in [0.1, 0.15) is 24.6 Å². The molecule has 0 aliphatic carbocycles. The highest BCUT2D eigenvalue weighted by Gasteiger charge is 2.34. The summed E-state index contributed by atoms with van der Waals surface area (Å²) in [4.78, 5) is 10.8. The van der Waals surface area contributed by atoms with Gasteiger partial charge in [0.2, 0.25) is 0 Å². The number of aromatic nitrogens is 4. The van der Waals surface area contributed by atoms with E-state index in [1.165, 1.54) is 17.2 Å². The number of hydrogen-bond donors (Lipinski definition) is 0. The summed E-state index contributed by atoms with van der Waals surface area (Å²) in [6.07, 6.45) is 0.138. The molecule has 0 saturated carbocycles. The fourth-order valence-electron chi connectivity index (χ4n) is 3.32. The molecule has 1 aromatic carbocycles. The second-order valence-corrected chi connectivity index (χ2v) is 7.20. The highest BCUT2D eigenvalue weighted by Crippen LogP contribution is 2.32. The zero-order valence-corrected chi connectivity index (χ0v) is 15.2. The van der Waals surface area contributed by atoms with Crippen LogP contribution in [0.2, 0.25) is 0 Å². The Morgan fingerprint density at radius 3 is 2.77 bits per heavy atom. The maximum atomic E-state index is 12.8. The van der Waals surface area contributed by atoms with Crippen molar-refractivity contribution >= 4 is 32.7 Å². The molecule has 1 aliphatic heterocycles. The van der Waals surface area contributed by atoms with Gasteiger partial charge in [0.05, 0.1) is 11.6 Å². The average Bonchev–Trinajstić information content (AvgIpc) is 3.12. The predicted octanol–water partition coefficient (Wildman–Crippen LogP) is 4.45. The summed E-state index contributed by atoms with van der Waals surface area (Å²) in [6.45, 7) is 1.35. The zero-order valence-electron chi connectivity index (χ0n) is 13.6. The van der Waals surface area contributed by atoms with Gasteiger partial charge in [0.15, 0.2) is 5.69 Å². The normalized spacial score (nSPS) is 18.5. The summed E-state index contributed by atoms with van der Waals surface area (Å²) in [5.41, 5.74) is -0.0233. The molecule has 1 unspecified atom stereocenters. The minimum Gasteiger partial charge on any atom is -0.354 e. The Labute approximate surface area is 156 Å². The van der Waals surface area contributed by atoms with Crippen molar-refractivity contribution in [2.45, 2.75) is 25.1 Å².